The molecule has 38 heavy (non-hydrogen) atoms. The minimum atomic E-state index is -4.00. The molecule has 11 nitrogen and oxygen atoms in total. The molecule has 0 fully saturated rings. The second-order valence-corrected chi connectivity index (χ2v) is 11.7. The molecule has 3 rings (SSSR count). The standard InChI is InChI=1S/C25H29N3O8S2/c1-17(28(37(5,30)31)19-8-10-20(34-2)11-9-19)25(29)26-18-6-13-22(14-7-18)38(32,33)27-23-16-21(35-3)12-15-24(23)36-4/h6-17,27H,1-5H3,(H,26,29). The number of hydrogen-bond donors (Lipinski definition) is 2. The molecule has 204 valence electrons. The van der Waals surface area contributed by atoms with E-state index >= 15 is 0 Å². The van der Waals surface area contributed by atoms with Crippen LogP contribution < -0.4 is 28.6 Å². The molecule has 0 bridgehead atoms. The Bertz CT molecular complexity index is 1490. The molecule has 0 aliphatic carbocycles. The van der Waals surface area contributed by atoms with Gasteiger partial charge in [0.1, 0.15) is 23.3 Å². The third-order valence-electron chi connectivity index (χ3n) is 5.50. The van der Waals surface area contributed by atoms with Gasteiger partial charge in [0, 0.05) is 11.8 Å². The Morgan fingerprint density at radius 2 is 1.39 bits per heavy atom. The van der Waals surface area contributed by atoms with E-state index in [-0.39, 0.29) is 22.0 Å². The van der Waals surface area contributed by atoms with Gasteiger partial charge in [-0.15, -0.1) is 0 Å². The first-order valence-electron chi connectivity index (χ1n) is 11.2. The van der Waals surface area contributed by atoms with Crippen molar-refractivity contribution < 1.29 is 35.8 Å². The van der Waals surface area contributed by atoms with Crippen molar-refractivity contribution in [2.24, 2.45) is 0 Å². The number of hydrogen-bond acceptors (Lipinski definition) is 8. The molecule has 2 N–H and O–H groups in total. The van der Waals surface area contributed by atoms with Crippen LogP contribution in [-0.2, 0) is 24.8 Å². The molecule has 3 aromatic rings. The molecular weight excluding hydrogens is 534 g/mol. The van der Waals surface area contributed by atoms with Gasteiger partial charge in [0.15, 0.2) is 0 Å². The van der Waals surface area contributed by atoms with Crippen LogP contribution in [0.1, 0.15) is 6.92 Å². The smallest absolute Gasteiger partial charge is 0.262 e. The highest BCUT2D eigenvalue weighted by atomic mass is 32.2. The molecular formula is C25H29N3O8S2. The fourth-order valence-corrected chi connectivity index (χ4v) is 5.84. The van der Waals surface area contributed by atoms with Crippen LogP contribution in [0, 0.1) is 0 Å². The molecule has 0 aliphatic rings. The maximum Gasteiger partial charge on any atom is 0.262 e. The summed E-state index contributed by atoms with van der Waals surface area (Å²) in [5, 5.41) is 2.63. The molecule has 1 atom stereocenters. The van der Waals surface area contributed by atoms with E-state index < -0.39 is 32.0 Å². The van der Waals surface area contributed by atoms with Gasteiger partial charge in [0.05, 0.1) is 43.9 Å². The maximum absolute atomic E-state index is 13.0. The van der Waals surface area contributed by atoms with Crippen LogP contribution in [0.4, 0.5) is 17.1 Å². The van der Waals surface area contributed by atoms with Crippen LogP contribution in [0.3, 0.4) is 0 Å². The summed E-state index contributed by atoms with van der Waals surface area (Å²) in [6.45, 7) is 1.45. The van der Waals surface area contributed by atoms with Crippen LogP contribution in [0.25, 0.3) is 0 Å². The number of carbonyl (C=O) groups is 1. The number of rotatable bonds is 11. The molecule has 0 heterocycles. The molecule has 0 radical (unpaired) electrons. The lowest BCUT2D eigenvalue weighted by Gasteiger charge is -2.28. The lowest BCUT2D eigenvalue weighted by Crippen LogP contribution is -2.45. The molecule has 13 heteroatoms. The van der Waals surface area contributed by atoms with E-state index in [1.54, 1.807) is 24.3 Å². The summed E-state index contributed by atoms with van der Waals surface area (Å²) >= 11 is 0. The lowest BCUT2D eigenvalue weighted by atomic mass is 10.2. The lowest BCUT2D eigenvalue weighted by molar-refractivity contribution is -0.116. The van der Waals surface area contributed by atoms with Gasteiger partial charge in [0.25, 0.3) is 10.0 Å². The Morgan fingerprint density at radius 1 is 0.816 bits per heavy atom. The van der Waals surface area contributed by atoms with E-state index in [9.17, 15) is 21.6 Å². The highest BCUT2D eigenvalue weighted by Gasteiger charge is 2.29. The molecule has 0 aromatic heterocycles. The number of nitrogens with one attached hydrogen (secondary N) is 2. The minimum Gasteiger partial charge on any atom is -0.497 e. The van der Waals surface area contributed by atoms with Crippen molar-refractivity contribution in [3.63, 3.8) is 0 Å². The van der Waals surface area contributed by atoms with Gasteiger partial charge in [-0.3, -0.25) is 13.8 Å². The van der Waals surface area contributed by atoms with E-state index in [1.165, 1.54) is 70.7 Å². The Balaban J connectivity index is 1.78. The number of nitrogens with zero attached hydrogens (tertiary/aromatic N) is 1. The Kier molecular flexibility index (Phi) is 8.74. The Hall–Kier alpha value is -3.97. The van der Waals surface area contributed by atoms with E-state index in [0.717, 1.165) is 10.6 Å². The summed E-state index contributed by atoms with van der Waals surface area (Å²) in [6.07, 6.45) is 1.00. The molecule has 1 unspecified atom stereocenters. The minimum absolute atomic E-state index is 0.0654. The topological polar surface area (TPSA) is 140 Å². The summed E-state index contributed by atoms with van der Waals surface area (Å²) < 4.78 is 69.8. The fraction of sp³-hybridized carbons (Fsp3) is 0.240. The number of ether oxygens (including phenoxy) is 3. The number of carbonyl (C=O) groups excluding carboxylic acids is 1. The molecule has 3 aromatic carbocycles. The zero-order chi connectivity index (χ0) is 28.1. The molecule has 0 spiro atoms. The van der Waals surface area contributed by atoms with Gasteiger partial charge < -0.3 is 19.5 Å². The van der Waals surface area contributed by atoms with E-state index in [4.69, 9.17) is 14.2 Å². The number of benzene rings is 3. The first kappa shape index (κ1) is 28.6. The van der Waals surface area contributed by atoms with E-state index in [2.05, 4.69) is 10.0 Å². The number of methoxy groups -OCH3 is 3. The quantitative estimate of drug-likeness (QED) is 0.362. The third-order valence-corrected chi connectivity index (χ3v) is 8.12. The summed E-state index contributed by atoms with van der Waals surface area (Å²) in [5.74, 6) is 0.669. The highest BCUT2D eigenvalue weighted by molar-refractivity contribution is 7.92. The first-order chi connectivity index (χ1) is 17.9. The van der Waals surface area contributed by atoms with Gasteiger partial charge in [-0.05, 0) is 67.6 Å². The summed E-state index contributed by atoms with van der Waals surface area (Å²) in [6, 6.07) is 15.3. The largest absolute Gasteiger partial charge is 0.497 e. The predicted molar refractivity (Wildman–Crippen MR) is 145 cm³/mol. The van der Waals surface area contributed by atoms with E-state index in [1.807, 2.05) is 0 Å². The monoisotopic (exact) mass is 563 g/mol. The molecule has 0 saturated heterocycles. The summed E-state index contributed by atoms with van der Waals surface area (Å²) in [5.41, 5.74) is 0.761. The van der Waals surface area contributed by atoms with Crippen molar-refractivity contribution in [3.8, 4) is 17.2 Å². The number of amides is 1. The number of anilines is 3. The second kappa shape index (κ2) is 11.6. The van der Waals surface area contributed by atoms with Crippen molar-refractivity contribution in [2.75, 3.05) is 41.9 Å². The zero-order valence-corrected chi connectivity index (χ0v) is 23.1. The van der Waals surface area contributed by atoms with Crippen molar-refractivity contribution in [2.45, 2.75) is 17.9 Å². The SMILES string of the molecule is COc1ccc(N(C(C)C(=O)Nc2ccc(S(=O)(=O)Nc3cc(OC)ccc3OC)cc2)S(C)(=O)=O)cc1. The summed E-state index contributed by atoms with van der Waals surface area (Å²) in [4.78, 5) is 12.9. The maximum atomic E-state index is 13.0. The Labute approximate surface area is 222 Å². The van der Waals surface area contributed by atoms with Crippen molar-refractivity contribution in [1.82, 2.24) is 0 Å². The van der Waals surface area contributed by atoms with Gasteiger partial charge in [0.2, 0.25) is 15.9 Å². The normalized spacial score (nSPS) is 12.2. The molecule has 1 amide bonds. The first-order valence-corrected chi connectivity index (χ1v) is 14.5. The number of sulfonamides is 2. The predicted octanol–water partition coefficient (Wildman–Crippen LogP) is 3.31. The highest BCUT2D eigenvalue weighted by Crippen LogP contribution is 2.31. The average molecular weight is 564 g/mol. The van der Waals surface area contributed by atoms with Crippen molar-refractivity contribution in [1.29, 1.82) is 0 Å². The molecule has 0 saturated carbocycles. The van der Waals surface area contributed by atoms with Crippen molar-refractivity contribution in [3.05, 3.63) is 66.7 Å². The van der Waals surface area contributed by atoms with Crippen molar-refractivity contribution >= 4 is 43.0 Å². The third kappa shape index (κ3) is 6.66. The van der Waals surface area contributed by atoms with Gasteiger partial charge in [-0.1, -0.05) is 0 Å². The van der Waals surface area contributed by atoms with Gasteiger partial charge in [-0.2, -0.15) is 0 Å². The van der Waals surface area contributed by atoms with Crippen LogP contribution in [0.2, 0.25) is 0 Å². The van der Waals surface area contributed by atoms with Crippen LogP contribution >= 0.6 is 0 Å². The second-order valence-electron chi connectivity index (χ2n) is 8.12. The van der Waals surface area contributed by atoms with E-state index in [0.29, 0.717) is 17.2 Å². The Morgan fingerprint density at radius 3 is 1.92 bits per heavy atom. The fourth-order valence-electron chi connectivity index (χ4n) is 3.60. The summed E-state index contributed by atoms with van der Waals surface area (Å²) in [7, 11) is -3.46. The zero-order valence-electron chi connectivity index (χ0n) is 21.5. The van der Waals surface area contributed by atoms with Gasteiger partial charge >= 0.3 is 0 Å². The van der Waals surface area contributed by atoms with Crippen LogP contribution in [-0.4, -0.2) is 56.4 Å². The molecule has 0 aliphatic heterocycles. The van der Waals surface area contributed by atoms with Crippen LogP contribution in [0.15, 0.2) is 71.6 Å². The van der Waals surface area contributed by atoms with Gasteiger partial charge in [-0.25, -0.2) is 16.8 Å². The van der Waals surface area contributed by atoms with Crippen LogP contribution in [0.5, 0.6) is 17.2 Å². The average Bonchev–Trinajstić information content (AvgIpc) is 2.88.